The molecular formula is C12H22O11. The van der Waals surface area contributed by atoms with Gasteiger partial charge in [0.1, 0.15) is 48.8 Å². The van der Waals surface area contributed by atoms with Crippen LogP contribution in [0.3, 0.4) is 0 Å². The molecule has 0 spiro atoms. The first-order valence-corrected chi connectivity index (χ1v) is 7.08. The maximum Gasteiger partial charge on any atom is 0.189 e. The molecule has 0 aromatic rings. The molecule has 2 saturated heterocycles. The lowest BCUT2D eigenvalue weighted by Gasteiger charge is -2.44. The molecule has 2 aliphatic heterocycles. The van der Waals surface area contributed by atoms with Gasteiger partial charge in [0.2, 0.25) is 0 Å². The van der Waals surface area contributed by atoms with E-state index in [-0.39, 0.29) is 0 Å². The van der Waals surface area contributed by atoms with Crippen molar-refractivity contribution in [3.8, 4) is 0 Å². The molecule has 0 amide bonds. The van der Waals surface area contributed by atoms with Gasteiger partial charge in [-0.05, 0) is 0 Å². The third-order valence-corrected chi connectivity index (χ3v) is 3.97. The van der Waals surface area contributed by atoms with Crippen LogP contribution in [0.4, 0.5) is 0 Å². The van der Waals surface area contributed by atoms with E-state index < -0.39 is 74.6 Å². The largest absolute Gasteiger partial charge is 0.394 e. The topological polar surface area (TPSA) is 190 Å². The first-order valence-electron chi connectivity index (χ1n) is 7.08. The summed E-state index contributed by atoms with van der Waals surface area (Å²) in [7, 11) is 0. The third-order valence-electron chi connectivity index (χ3n) is 3.97. The Bertz CT molecular complexity index is 344. The second-order valence-corrected chi connectivity index (χ2v) is 5.53. The van der Waals surface area contributed by atoms with E-state index in [9.17, 15) is 30.6 Å². The van der Waals surface area contributed by atoms with Gasteiger partial charge in [0.25, 0.3) is 0 Å². The quantitative estimate of drug-likeness (QED) is 0.243. The predicted octanol–water partition coefficient (Wildman–Crippen LogP) is -5.40. The van der Waals surface area contributed by atoms with Gasteiger partial charge < -0.3 is 55.1 Å². The van der Waals surface area contributed by atoms with Crippen LogP contribution >= 0.6 is 0 Å². The van der Waals surface area contributed by atoms with Gasteiger partial charge in [-0.2, -0.15) is 0 Å². The van der Waals surface area contributed by atoms with Crippen LogP contribution in [0.25, 0.3) is 0 Å². The lowest BCUT2D eigenvalue weighted by atomic mass is 9.98. The first-order chi connectivity index (χ1) is 10.8. The summed E-state index contributed by atoms with van der Waals surface area (Å²) in [5.74, 6) is 0. The molecule has 0 aliphatic carbocycles. The minimum atomic E-state index is -1.72. The van der Waals surface area contributed by atoms with Crippen molar-refractivity contribution < 1.29 is 55.1 Å². The highest BCUT2D eigenvalue weighted by Gasteiger charge is 2.49. The van der Waals surface area contributed by atoms with Crippen molar-refractivity contribution in [1.29, 1.82) is 0 Å². The SMILES string of the molecule is OCC1O[C@H](O[C@H]2OC(CO)[C@@H](O)C(O)[C@@H]2O)C(O)C(O)[C@@H]1O. The molecule has 23 heavy (non-hydrogen) atoms. The molecule has 2 fully saturated rings. The van der Waals surface area contributed by atoms with Gasteiger partial charge in [0, 0.05) is 0 Å². The lowest BCUT2D eigenvalue weighted by Crippen LogP contribution is -2.63. The summed E-state index contributed by atoms with van der Waals surface area (Å²) < 4.78 is 15.3. The molecule has 11 nitrogen and oxygen atoms in total. The highest BCUT2D eigenvalue weighted by Crippen LogP contribution is 2.27. The number of hydrogen-bond donors (Lipinski definition) is 8. The number of hydrogen-bond acceptors (Lipinski definition) is 11. The molecule has 2 aliphatic rings. The number of aliphatic hydroxyl groups excluding tert-OH is 8. The van der Waals surface area contributed by atoms with E-state index in [4.69, 9.17) is 24.4 Å². The molecule has 0 radical (unpaired) electrons. The molecule has 2 rings (SSSR count). The number of rotatable bonds is 4. The molecule has 0 aromatic heterocycles. The number of ether oxygens (including phenoxy) is 3. The fourth-order valence-corrected chi connectivity index (χ4v) is 2.49. The average molecular weight is 342 g/mol. The van der Waals surface area contributed by atoms with Crippen molar-refractivity contribution >= 4 is 0 Å². The Morgan fingerprint density at radius 2 is 0.913 bits per heavy atom. The molecule has 0 bridgehead atoms. The Balaban J connectivity index is 2.07. The fourth-order valence-electron chi connectivity index (χ4n) is 2.49. The van der Waals surface area contributed by atoms with Crippen molar-refractivity contribution in [1.82, 2.24) is 0 Å². The highest BCUT2D eigenvalue weighted by molar-refractivity contribution is 4.92. The van der Waals surface area contributed by atoms with Gasteiger partial charge in [-0.3, -0.25) is 0 Å². The van der Waals surface area contributed by atoms with Crippen LogP contribution in [0, 0.1) is 0 Å². The summed E-state index contributed by atoms with van der Waals surface area (Å²) in [4.78, 5) is 0. The summed E-state index contributed by atoms with van der Waals surface area (Å²) in [6.07, 6.45) is -15.6. The zero-order valence-electron chi connectivity index (χ0n) is 12.0. The molecule has 0 saturated carbocycles. The van der Waals surface area contributed by atoms with Crippen molar-refractivity contribution in [2.45, 2.75) is 61.4 Å². The van der Waals surface area contributed by atoms with Crippen molar-refractivity contribution in [3.05, 3.63) is 0 Å². The van der Waals surface area contributed by atoms with E-state index in [0.717, 1.165) is 0 Å². The van der Waals surface area contributed by atoms with E-state index in [1.54, 1.807) is 0 Å². The first kappa shape index (κ1) is 18.9. The van der Waals surface area contributed by atoms with Gasteiger partial charge in [0.15, 0.2) is 12.6 Å². The van der Waals surface area contributed by atoms with Crippen LogP contribution in [0.1, 0.15) is 0 Å². The summed E-state index contributed by atoms with van der Waals surface area (Å²) in [6, 6.07) is 0. The van der Waals surface area contributed by atoms with Crippen LogP contribution in [-0.2, 0) is 14.2 Å². The average Bonchev–Trinajstić information content (AvgIpc) is 2.55. The highest BCUT2D eigenvalue weighted by atomic mass is 16.8. The second-order valence-electron chi connectivity index (χ2n) is 5.53. The Morgan fingerprint density at radius 1 is 0.565 bits per heavy atom. The van der Waals surface area contributed by atoms with Crippen LogP contribution in [0.2, 0.25) is 0 Å². The van der Waals surface area contributed by atoms with Crippen molar-refractivity contribution in [2.75, 3.05) is 13.2 Å². The summed E-state index contributed by atoms with van der Waals surface area (Å²) >= 11 is 0. The van der Waals surface area contributed by atoms with Gasteiger partial charge in [-0.1, -0.05) is 0 Å². The van der Waals surface area contributed by atoms with E-state index in [0.29, 0.717) is 0 Å². The monoisotopic (exact) mass is 342 g/mol. The van der Waals surface area contributed by atoms with Crippen LogP contribution in [-0.4, -0.2) is 115 Å². The molecule has 136 valence electrons. The minimum absolute atomic E-state index is 0.667. The molecule has 11 heteroatoms. The third kappa shape index (κ3) is 3.65. The van der Waals surface area contributed by atoms with Crippen LogP contribution in [0.15, 0.2) is 0 Å². The fraction of sp³-hybridized carbons (Fsp3) is 1.00. The minimum Gasteiger partial charge on any atom is -0.394 e. The van der Waals surface area contributed by atoms with Gasteiger partial charge in [0.05, 0.1) is 13.2 Å². The van der Waals surface area contributed by atoms with Crippen LogP contribution < -0.4 is 0 Å². The lowest BCUT2D eigenvalue weighted by molar-refractivity contribution is -0.376. The van der Waals surface area contributed by atoms with Crippen molar-refractivity contribution in [2.24, 2.45) is 0 Å². The Hall–Kier alpha value is -0.440. The predicted molar refractivity (Wildman–Crippen MR) is 68.6 cm³/mol. The van der Waals surface area contributed by atoms with Gasteiger partial charge in [-0.15, -0.1) is 0 Å². The zero-order valence-corrected chi connectivity index (χ0v) is 12.0. The summed E-state index contributed by atoms with van der Waals surface area (Å²) in [5.41, 5.74) is 0. The molecule has 2 heterocycles. The Morgan fingerprint density at radius 3 is 1.22 bits per heavy atom. The Labute approximate surface area is 130 Å². The van der Waals surface area contributed by atoms with E-state index in [1.807, 2.05) is 0 Å². The number of aliphatic hydroxyl groups is 8. The standard InChI is InChI=1S/C12H22O11/c13-1-3-5(15)7(17)9(19)11(21-3)23-12-10(20)8(18)6(16)4(2-14)22-12/h3-20H,1-2H2/t3?,4?,5-,6-,7?,8?,9+,10?,11-,12-/m1/s1. The maximum absolute atomic E-state index is 9.84. The molecular weight excluding hydrogens is 320 g/mol. The molecule has 8 N–H and O–H groups in total. The second kappa shape index (κ2) is 7.63. The Kier molecular flexibility index (Phi) is 6.27. The maximum atomic E-state index is 9.84. The summed E-state index contributed by atoms with van der Waals surface area (Å²) in [5, 5.41) is 76.4. The van der Waals surface area contributed by atoms with E-state index in [2.05, 4.69) is 0 Å². The smallest absolute Gasteiger partial charge is 0.189 e. The van der Waals surface area contributed by atoms with E-state index >= 15 is 0 Å². The molecule has 5 unspecified atom stereocenters. The van der Waals surface area contributed by atoms with Gasteiger partial charge in [-0.25, -0.2) is 0 Å². The zero-order chi connectivity index (χ0) is 17.3. The van der Waals surface area contributed by atoms with E-state index in [1.165, 1.54) is 0 Å². The normalized spacial score (nSPS) is 51.7. The molecule has 0 aromatic carbocycles. The van der Waals surface area contributed by atoms with Crippen LogP contribution in [0.5, 0.6) is 0 Å². The van der Waals surface area contributed by atoms with Gasteiger partial charge >= 0.3 is 0 Å². The molecule has 10 atom stereocenters. The van der Waals surface area contributed by atoms with Crippen molar-refractivity contribution in [3.63, 3.8) is 0 Å². The summed E-state index contributed by atoms with van der Waals surface area (Å²) in [6.45, 7) is -1.33.